The summed E-state index contributed by atoms with van der Waals surface area (Å²) >= 11 is 4.73. The van der Waals surface area contributed by atoms with E-state index in [1.54, 1.807) is 43.5 Å². The number of carbonyl (C=O) groups excluding carboxylic acids is 1. The molecule has 1 aliphatic rings. The molecular weight excluding hydrogens is 445 g/mol. The molecule has 8 heteroatoms. The molecule has 0 atom stereocenters. The van der Waals surface area contributed by atoms with Gasteiger partial charge in [0.1, 0.15) is 11.6 Å². The summed E-state index contributed by atoms with van der Waals surface area (Å²) in [5.41, 5.74) is 1.02. The van der Waals surface area contributed by atoms with Crippen molar-refractivity contribution < 1.29 is 13.9 Å². The number of thioether (sulfide) groups is 1. The van der Waals surface area contributed by atoms with E-state index in [4.69, 9.17) is 4.74 Å². The number of ketones is 1. The van der Waals surface area contributed by atoms with E-state index in [9.17, 15) is 9.18 Å². The van der Waals surface area contributed by atoms with E-state index in [2.05, 4.69) is 26.1 Å². The van der Waals surface area contributed by atoms with E-state index in [1.165, 1.54) is 17.8 Å². The van der Waals surface area contributed by atoms with Gasteiger partial charge in [-0.25, -0.2) is 4.39 Å². The molecular formula is C20H17BrFN3O2S. The molecule has 0 radical (unpaired) electrons. The van der Waals surface area contributed by atoms with E-state index in [0.717, 1.165) is 17.3 Å². The molecule has 3 aromatic rings. The minimum absolute atomic E-state index is 0.0221. The summed E-state index contributed by atoms with van der Waals surface area (Å²) in [6.07, 6.45) is 2.01. The van der Waals surface area contributed by atoms with Crippen molar-refractivity contribution in [2.24, 2.45) is 0 Å². The molecule has 0 aliphatic heterocycles. The number of ether oxygens (including phenoxy) is 1. The maximum Gasteiger partial charge on any atom is 0.192 e. The third-order valence-corrected chi connectivity index (χ3v) is 6.06. The molecule has 0 spiro atoms. The van der Waals surface area contributed by atoms with Crippen molar-refractivity contribution >= 4 is 33.5 Å². The van der Waals surface area contributed by atoms with E-state index < -0.39 is 0 Å². The largest absolute Gasteiger partial charge is 0.496 e. The first kappa shape index (κ1) is 19.1. The SMILES string of the molecule is COc1ccc(C(=O)CSc2nnc(-c3ccccc3F)n2C2CC2)cc1Br. The van der Waals surface area contributed by atoms with Crippen LogP contribution in [-0.2, 0) is 0 Å². The molecule has 5 nitrogen and oxygen atoms in total. The molecule has 1 saturated carbocycles. The Hall–Kier alpha value is -2.19. The van der Waals surface area contributed by atoms with Gasteiger partial charge in [-0.2, -0.15) is 0 Å². The zero-order valence-corrected chi connectivity index (χ0v) is 17.5. The Morgan fingerprint density at radius 1 is 1.29 bits per heavy atom. The van der Waals surface area contributed by atoms with Crippen molar-refractivity contribution in [3.63, 3.8) is 0 Å². The number of carbonyl (C=O) groups is 1. The Morgan fingerprint density at radius 2 is 2.07 bits per heavy atom. The van der Waals surface area contributed by atoms with Gasteiger partial charge in [0, 0.05) is 11.6 Å². The average molecular weight is 462 g/mol. The summed E-state index contributed by atoms with van der Waals surface area (Å²) in [6, 6.07) is 12.1. The van der Waals surface area contributed by atoms with Gasteiger partial charge in [-0.1, -0.05) is 23.9 Å². The number of aromatic nitrogens is 3. The lowest BCUT2D eigenvalue weighted by Gasteiger charge is -2.09. The second-order valence-corrected chi connectivity index (χ2v) is 8.25. The van der Waals surface area contributed by atoms with Crippen LogP contribution in [0.4, 0.5) is 4.39 Å². The lowest BCUT2D eigenvalue weighted by molar-refractivity contribution is 0.102. The molecule has 0 bridgehead atoms. The molecule has 1 aliphatic carbocycles. The van der Waals surface area contributed by atoms with Crippen molar-refractivity contribution in [1.29, 1.82) is 0 Å². The van der Waals surface area contributed by atoms with Gasteiger partial charge < -0.3 is 4.74 Å². The van der Waals surface area contributed by atoms with Crippen molar-refractivity contribution in [2.75, 3.05) is 12.9 Å². The van der Waals surface area contributed by atoms with Crippen molar-refractivity contribution in [2.45, 2.75) is 24.0 Å². The monoisotopic (exact) mass is 461 g/mol. The standard InChI is InChI=1S/C20H17BrFN3O2S/c1-27-18-9-6-12(10-15(18)21)17(26)11-28-20-24-23-19(25(20)13-7-8-13)14-4-2-3-5-16(14)22/h2-6,9-10,13H,7-8,11H2,1H3. The number of nitrogens with zero attached hydrogens (tertiary/aromatic N) is 3. The Bertz CT molecular complexity index is 1040. The maximum absolute atomic E-state index is 14.2. The van der Waals surface area contributed by atoms with Crippen LogP contribution in [-0.4, -0.2) is 33.4 Å². The van der Waals surface area contributed by atoms with Crippen LogP contribution in [0.2, 0.25) is 0 Å². The quantitative estimate of drug-likeness (QED) is 0.359. The van der Waals surface area contributed by atoms with Crippen molar-refractivity contribution in [3.8, 4) is 17.1 Å². The predicted octanol–water partition coefficient (Wildman–Crippen LogP) is 5.17. The predicted molar refractivity (Wildman–Crippen MR) is 109 cm³/mol. The fraction of sp³-hybridized carbons (Fsp3) is 0.250. The topological polar surface area (TPSA) is 57.0 Å². The van der Waals surface area contributed by atoms with Crippen molar-refractivity contribution in [1.82, 2.24) is 14.8 Å². The van der Waals surface area contributed by atoms with Gasteiger partial charge in [0.2, 0.25) is 0 Å². The molecule has 28 heavy (non-hydrogen) atoms. The first-order valence-electron chi connectivity index (χ1n) is 8.78. The number of hydrogen-bond donors (Lipinski definition) is 0. The second-order valence-electron chi connectivity index (χ2n) is 6.45. The Morgan fingerprint density at radius 3 is 2.75 bits per heavy atom. The third kappa shape index (κ3) is 3.84. The third-order valence-electron chi connectivity index (χ3n) is 4.50. The number of rotatable bonds is 7. The highest BCUT2D eigenvalue weighted by molar-refractivity contribution is 9.10. The van der Waals surface area contributed by atoms with Gasteiger partial charge in [-0.05, 0) is 59.1 Å². The highest BCUT2D eigenvalue weighted by atomic mass is 79.9. The summed E-state index contributed by atoms with van der Waals surface area (Å²) in [5, 5.41) is 9.09. The van der Waals surface area contributed by atoms with Crippen LogP contribution in [0.1, 0.15) is 29.2 Å². The summed E-state index contributed by atoms with van der Waals surface area (Å²) in [6.45, 7) is 0. The molecule has 0 N–H and O–H groups in total. The number of Topliss-reactive ketones (excluding diaryl/α,β-unsaturated/α-hetero) is 1. The van der Waals surface area contributed by atoms with Crippen LogP contribution in [0.5, 0.6) is 5.75 Å². The maximum atomic E-state index is 14.2. The highest BCUT2D eigenvalue weighted by Gasteiger charge is 2.31. The van der Waals surface area contributed by atoms with E-state index >= 15 is 0 Å². The smallest absolute Gasteiger partial charge is 0.192 e. The molecule has 2 aromatic carbocycles. The normalized spacial score (nSPS) is 13.5. The zero-order valence-electron chi connectivity index (χ0n) is 15.1. The number of benzene rings is 2. The van der Waals surface area contributed by atoms with Crippen LogP contribution in [0.15, 0.2) is 52.1 Å². The van der Waals surface area contributed by atoms with Gasteiger partial charge in [0.05, 0.1) is 22.9 Å². The molecule has 1 heterocycles. The van der Waals surface area contributed by atoms with Gasteiger partial charge in [-0.3, -0.25) is 9.36 Å². The number of hydrogen-bond acceptors (Lipinski definition) is 5. The molecule has 1 aromatic heterocycles. The molecule has 0 amide bonds. The fourth-order valence-electron chi connectivity index (χ4n) is 2.92. The first-order valence-corrected chi connectivity index (χ1v) is 10.6. The summed E-state index contributed by atoms with van der Waals surface area (Å²) < 4.78 is 22.1. The van der Waals surface area contributed by atoms with Crippen LogP contribution < -0.4 is 4.74 Å². The van der Waals surface area contributed by atoms with E-state index in [-0.39, 0.29) is 23.4 Å². The van der Waals surface area contributed by atoms with Crippen LogP contribution in [0, 0.1) is 5.82 Å². The molecule has 144 valence electrons. The Balaban J connectivity index is 1.55. The highest BCUT2D eigenvalue weighted by Crippen LogP contribution is 2.41. The Labute approximate surface area is 174 Å². The van der Waals surface area contributed by atoms with Crippen LogP contribution >= 0.6 is 27.7 Å². The van der Waals surface area contributed by atoms with Crippen LogP contribution in [0.25, 0.3) is 11.4 Å². The molecule has 4 rings (SSSR count). The molecule has 1 fully saturated rings. The van der Waals surface area contributed by atoms with Gasteiger partial charge in [0.25, 0.3) is 0 Å². The zero-order chi connectivity index (χ0) is 19.7. The molecule has 0 unspecified atom stereocenters. The number of methoxy groups -OCH3 is 1. The lowest BCUT2D eigenvalue weighted by atomic mass is 10.1. The van der Waals surface area contributed by atoms with Gasteiger partial charge in [0.15, 0.2) is 16.8 Å². The second kappa shape index (κ2) is 8.05. The van der Waals surface area contributed by atoms with E-state index in [1.807, 2.05) is 4.57 Å². The average Bonchev–Trinajstić information content (AvgIpc) is 3.46. The summed E-state index contributed by atoms with van der Waals surface area (Å²) in [5.74, 6) is 1.06. The van der Waals surface area contributed by atoms with Gasteiger partial charge >= 0.3 is 0 Å². The minimum Gasteiger partial charge on any atom is -0.496 e. The summed E-state index contributed by atoms with van der Waals surface area (Å²) in [4.78, 5) is 12.6. The first-order chi connectivity index (χ1) is 13.6. The van der Waals surface area contributed by atoms with Gasteiger partial charge in [-0.15, -0.1) is 10.2 Å². The molecule has 0 saturated heterocycles. The van der Waals surface area contributed by atoms with E-state index in [0.29, 0.717) is 27.9 Å². The minimum atomic E-state index is -0.326. The van der Waals surface area contributed by atoms with Crippen LogP contribution in [0.3, 0.4) is 0 Å². The lowest BCUT2D eigenvalue weighted by Crippen LogP contribution is -2.05. The van der Waals surface area contributed by atoms with Crippen molar-refractivity contribution in [3.05, 3.63) is 58.3 Å². The number of halogens is 2. The Kier molecular flexibility index (Phi) is 5.50. The fourth-order valence-corrected chi connectivity index (χ4v) is 4.36. The summed E-state index contributed by atoms with van der Waals surface area (Å²) in [7, 11) is 1.58.